The Morgan fingerprint density at radius 3 is 2.39 bits per heavy atom. The van der Waals surface area contributed by atoms with Crippen LogP contribution in [-0.2, 0) is 6.61 Å². The highest BCUT2D eigenvalue weighted by molar-refractivity contribution is 5.39. The molecule has 0 radical (unpaired) electrons. The number of benzene rings is 2. The van der Waals surface area contributed by atoms with Crippen LogP contribution in [-0.4, -0.2) is 12.2 Å². The van der Waals surface area contributed by atoms with Crippen molar-refractivity contribution in [2.24, 2.45) is 0 Å². The topological polar surface area (TPSA) is 38.7 Å². The van der Waals surface area contributed by atoms with Gasteiger partial charge in [0, 0.05) is 6.07 Å². The fourth-order valence-corrected chi connectivity index (χ4v) is 1.71. The molecule has 0 aliphatic heterocycles. The molecular formula is C15H16O3. The van der Waals surface area contributed by atoms with Crippen molar-refractivity contribution in [3.63, 3.8) is 0 Å². The Balaban J connectivity index is 2.20. The fourth-order valence-electron chi connectivity index (χ4n) is 1.71. The summed E-state index contributed by atoms with van der Waals surface area (Å²) >= 11 is 0. The first-order valence-electron chi connectivity index (χ1n) is 5.75. The van der Waals surface area contributed by atoms with Gasteiger partial charge < -0.3 is 14.6 Å². The van der Waals surface area contributed by atoms with Crippen LogP contribution in [0.3, 0.4) is 0 Å². The molecule has 0 unspecified atom stereocenters. The number of rotatable bonds is 4. The third-order valence-corrected chi connectivity index (χ3v) is 2.76. The molecule has 0 heterocycles. The van der Waals surface area contributed by atoms with E-state index in [4.69, 9.17) is 14.6 Å². The van der Waals surface area contributed by atoms with Crippen LogP contribution in [0.1, 0.15) is 11.1 Å². The molecule has 0 aliphatic rings. The van der Waals surface area contributed by atoms with E-state index >= 15 is 0 Å². The number of aliphatic hydroxyl groups is 1. The summed E-state index contributed by atoms with van der Waals surface area (Å²) in [5, 5.41) is 9.11. The van der Waals surface area contributed by atoms with E-state index in [9.17, 15) is 0 Å². The van der Waals surface area contributed by atoms with Crippen LogP contribution in [0.25, 0.3) is 0 Å². The van der Waals surface area contributed by atoms with Gasteiger partial charge in [0.15, 0.2) is 0 Å². The van der Waals surface area contributed by atoms with Crippen LogP contribution in [0.15, 0.2) is 42.5 Å². The Hall–Kier alpha value is -2.00. The summed E-state index contributed by atoms with van der Waals surface area (Å²) in [7, 11) is 1.62. The smallest absolute Gasteiger partial charge is 0.131 e. The molecule has 1 N–H and O–H groups in total. The van der Waals surface area contributed by atoms with E-state index in [1.807, 2.05) is 49.4 Å². The maximum absolute atomic E-state index is 9.11. The molecule has 0 fully saturated rings. The third-order valence-electron chi connectivity index (χ3n) is 2.76. The molecule has 0 saturated carbocycles. The SMILES string of the molecule is COc1cccc(Oc2ccc(CO)c(C)c2)c1. The second-order valence-electron chi connectivity index (χ2n) is 4.03. The van der Waals surface area contributed by atoms with Crippen molar-refractivity contribution < 1.29 is 14.6 Å². The predicted molar refractivity (Wildman–Crippen MR) is 70.2 cm³/mol. The van der Waals surface area contributed by atoms with Crippen LogP contribution < -0.4 is 9.47 Å². The number of aliphatic hydroxyl groups excluding tert-OH is 1. The molecule has 0 bridgehead atoms. The van der Waals surface area contributed by atoms with Gasteiger partial charge in [0.25, 0.3) is 0 Å². The summed E-state index contributed by atoms with van der Waals surface area (Å²) < 4.78 is 10.9. The molecule has 2 aromatic rings. The van der Waals surface area contributed by atoms with E-state index < -0.39 is 0 Å². The predicted octanol–water partition coefficient (Wildman–Crippen LogP) is 3.29. The second kappa shape index (κ2) is 5.56. The lowest BCUT2D eigenvalue weighted by molar-refractivity contribution is 0.281. The Morgan fingerprint density at radius 2 is 1.72 bits per heavy atom. The summed E-state index contributed by atoms with van der Waals surface area (Å²) in [6.45, 7) is 2.00. The summed E-state index contributed by atoms with van der Waals surface area (Å²) in [5.74, 6) is 2.24. The lowest BCUT2D eigenvalue weighted by Crippen LogP contribution is -1.91. The molecule has 0 amide bonds. The number of methoxy groups -OCH3 is 1. The summed E-state index contributed by atoms with van der Waals surface area (Å²) in [4.78, 5) is 0. The Morgan fingerprint density at radius 1 is 1.00 bits per heavy atom. The Labute approximate surface area is 107 Å². The maximum atomic E-state index is 9.11. The van der Waals surface area contributed by atoms with Gasteiger partial charge in [-0.2, -0.15) is 0 Å². The van der Waals surface area contributed by atoms with Crippen molar-refractivity contribution in [1.29, 1.82) is 0 Å². The monoisotopic (exact) mass is 244 g/mol. The van der Waals surface area contributed by atoms with Crippen LogP contribution in [0, 0.1) is 6.92 Å². The normalized spacial score (nSPS) is 10.2. The first kappa shape index (κ1) is 12.5. The minimum atomic E-state index is 0.0469. The molecule has 2 aromatic carbocycles. The minimum absolute atomic E-state index is 0.0469. The molecule has 0 aliphatic carbocycles. The lowest BCUT2D eigenvalue weighted by atomic mass is 10.1. The van der Waals surface area contributed by atoms with E-state index in [2.05, 4.69) is 0 Å². The standard InChI is InChI=1S/C15H16O3/c1-11-8-15(7-6-12(11)10-16)18-14-5-3-4-13(9-14)17-2/h3-9,16H,10H2,1-2H3. The van der Waals surface area contributed by atoms with E-state index in [-0.39, 0.29) is 6.61 Å². The van der Waals surface area contributed by atoms with Crippen molar-refractivity contribution in [2.75, 3.05) is 7.11 Å². The minimum Gasteiger partial charge on any atom is -0.497 e. The number of hydrogen-bond acceptors (Lipinski definition) is 3. The average molecular weight is 244 g/mol. The highest BCUT2D eigenvalue weighted by Gasteiger charge is 2.02. The van der Waals surface area contributed by atoms with Crippen LogP contribution in [0.5, 0.6) is 17.2 Å². The number of aryl methyl sites for hydroxylation is 1. The molecule has 0 saturated heterocycles. The van der Waals surface area contributed by atoms with Crippen LogP contribution in [0.4, 0.5) is 0 Å². The van der Waals surface area contributed by atoms with Gasteiger partial charge in [-0.25, -0.2) is 0 Å². The zero-order valence-corrected chi connectivity index (χ0v) is 10.5. The quantitative estimate of drug-likeness (QED) is 0.897. The van der Waals surface area contributed by atoms with E-state index in [0.717, 1.165) is 28.4 Å². The van der Waals surface area contributed by atoms with Crippen LogP contribution >= 0.6 is 0 Å². The van der Waals surface area contributed by atoms with Gasteiger partial charge in [0.05, 0.1) is 13.7 Å². The molecular weight excluding hydrogens is 228 g/mol. The van der Waals surface area contributed by atoms with Gasteiger partial charge in [-0.1, -0.05) is 12.1 Å². The molecule has 3 heteroatoms. The molecule has 0 aromatic heterocycles. The Kier molecular flexibility index (Phi) is 3.85. The summed E-state index contributed by atoms with van der Waals surface area (Å²) in [6, 6.07) is 13.1. The molecule has 94 valence electrons. The summed E-state index contributed by atoms with van der Waals surface area (Å²) in [6.07, 6.45) is 0. The van der Waals surface area contributed by atoms with Gasteiger partial charge >= 0.3 is 0 Å². The van der Waals surface area contributed by atoms with E-state index in [1.54, 1.807) is 7.11 Å². The highest BCUT2D eigenvalue weighted by atomic mass is 16.5. The molecule has 2 rings (SSSR count). The van der Waals surface area contributed by atoms with Gasteiger partial charge in [-0.15, -0.1) is 0 Å². The molecule has 0 spiro atoms. The van der Waals surface area contributed by atoms with Crippen LogP contribution in [0.2, 0.25) is 0 Å². The van der Waals surface area contributed by atoms with Crippen molar-refractivity contribution in [2.45, 2.75) is 13.5 Å². The van der Waals surface area contributed by atoms with Crippen molar-refractivity contribution in [1.82, 2.24) is 0 Å². The van der Waals surface area contributed by atoms with Crippen molar-refractivity contribution in [3.05, 3.63) is 53.6 Å². The van der Waals surface area contributed by atoms with Crippen molar-refractivity contribution >= 4 is 0 Å². The zero-order valence-electron chi connectivity index (χ0n) is 10.5. The second-order valence-corrected chi connectivity index (χ2v) is 4.03. The van der Waals surface area contributed by atoms with Gasteiger partial charge in [-0.05, 0) is 42.3 Å². The van der Waals surface area contributed by atoms with Crippen molar-refractivity contribution in [3.8, 4) is 17.2 Å². The third kappa shape index (κ3) is 2.81. The zero-order chi connectivity index (χ0) is 13.0. The molecule has 3 nitrogen and oxygen atoms in total. The van der Waals surface area contributed by atoms with Gasteiger partial charge in [0.2, 0.25) is 0 Å². The first-order chi connectivity index (χ1) is 8.72. The Bertz CT molecular complexity index is 535. The van der Waals surface area contributed by atoms with Gasteiger partial charge in [0.1, 0.15) is 17.2 Å². The highest BCUT2D eigenvalue weighted by Crippen LogP contribution is 2.26. The van der Waals surface area contributed by atoms with Gasteiger partial charge in [-0.3, -0.25) is 0 Å². The number of ether oxygens (including phenoxy) is 2. The molecule has 0 atom stereocenters. The molecule has 18 heavy (non-hydrogen) atoms. The van der Waals surface area contributed by atoms with E-state index in [1.165, 1.54) is 0 Å². The van der Waals surface area contributed by atoms with E-state index in [0.29, 0.717) is 0 Å². The largest absolute Gasteiger partial charge is 0.497 e. The lowest BCUT2D eigenvalue weighted by Gasteiger charge is -2.09. The number of hydrogen-bond donors (Lipinski definition) is 1. The fraction of sp³-hybridized carbons (Fsp3) is 0.200. The average Bonchev–Trinajstić information content (AvgIpc) is 2.39. The maximum Gasteiger partial charge on any atom is 0.131 e. The first-order valence-corrected chi connectivity index (χ1v) is 5.75. The summed E-state index contributed by atoms with van der Waals surface area (Å²) in [5.41, 5.74) is 1.92.